The van der Waals surface area contributed by atoms with Crippen molar-refractivity contribution in [1.82, 2.24) is 4.90 Å². The van der Waals surface area contributed by atoms with E-state index in [2.05, 4.69) is 0 Å². The molecule has 7 heteroatoms. The maximum absolute atomic E-state index is 13.1. The molecule has 2 aromatic carbocycles. The average molecular weight is 422 g/mol. The maximum atomic E-state index is 13.1. The van der Waals surface area contributed by atoms with E-state index in [-0.39, 0.29) is 24.2 Å². The first-order chi connectivity index (χ1) is 13.4. The second-order valence-corrected chi connectivity index (χ2v) is 7.53. The van der Waals surface area contributed by atoms with E-state index in [4.69, 9.17) is 32.7 Å². The van der Waals surface area contributed by atoms with E-state index in [1.807, 2.05) is 24.3 Å². The number of likely N-dealkylation sites (tertiary alicyclic amines) is 1. The van der Waals surface area contributed by atoms with Gasteiger partial charge in [0.1, 0.15) is 18.1 Å². The van der Waals surface area contributed by atoms with Crippen molar-refractivity contribution in [3.8, 4) is 11.5 Å². The number of amides is 1. The summed E-state index contributed by atoms with van der Waals surface area (Å²) in [5, 5.41) is 0.614. The molecule has 1 heterocycles. The highest BCUT2D eigenvalue weighted by atomic mass is 35.5. The number of hydrogen-bond donors (Lipinski definition) is 0. The molecule has 1 aliphatic rings. The van der Waals surface area contributed by atoms with E-state index >= 15 is 0 Å². The summed E-state index contributed by atoms with van der Waals surface area (Å²) >= 11 is 12.3. The Labute approximate surface area is 174 Å². The van der Waals surface area contributed by atoms with Crippen LogP contribution >= 0.6 is 23.2 Å². The summed E-state index contributed by atoms with van der Waals surface area (Å²) in [7, 11) is 1.61. The molecule has 1 amide bonds. The number of carbonyl (C=O) groups excluding carboxylic acids is 2. The van der Waals surface area contributed by atoms with Gasteiger partial charge in [-0.15, -0.1) is 0 Å². The number of hydrogen-bond acceptors (Lipinski definition) is 4. The van der Waals surface area contributed by atoms with Crippen LogP contribution in [0.25, 0.3) is 0 Å². The third-order valence-electron chi connectivity index (χ3n) is 4.85. The molecular formula is C21H21Cl2NO4. The lowest BCUT2D eigenvalue weighted by molar-refractivity contribution is -0.127. The van der Waals surface area contributed by atoms with Gasteiger partial charge in [0.15, 0.2) is 5.78 Å². The fourth-order valence-corrected chi connectivity index (χ4v) is 3.52. The van der Waals surface area contributed by atoms with Gasteiger partial charge in [0, 0.05) is 32.0 Å². The van der Waals surface area contributed by atoms with Crippen molar-refractivity contribution in [3.05, 3.63) is 57.6 Å². The number of benzene rings is 2. The van der Waals surface area contributed by atoms with Crippen molar-refractivity contribution >= 4 is 34.9 Å². The van der Waals surface area contributed by atoms with Gasteiger partial charge >= 0.3 is 0 Å². The Morgan fingerprint density at radius 2 is 1.82 bits per heavy atom. The van der Waals surface area contributed by atoms with E-state index < -0.39 is 0 Å². The van der Waals surface area contributed by atoms with Crippen LogP contribution in [0.5, 0.6) is 11.5 Å². The van der Waals surface area contributed by atoms with Gasteiger partial charge in [-0.05, 0) is 30.2 Å². The molecule has 0 saturated carbocycles. The molecule has 1 saturated heterocycles. The number of methoxy groups -OCH3 is 1. The fourth-order valence-electron chi connectivity index (χ4n) is 3.20. The number of rotatable bonds is 6. The highest BCUT2D eigenvalue weighted by Gasteiger charge is 2.32. The molecule has 3 rings (SSSR count). The summed E-state index contributed by atoms with van der Waals surface area (Å²) in [6.45, 7) is 2.77. The van der Waals surface area contributed by atoms with Crippen molar-refractivity contribution in [1.29, 1.82) is 0 Å². The number of ketones is 1. The van der Waals surface area contributed by atoms with Crippen LogP contribution in [-0.4, -0.2) is 36.8 Å². The summed E-state index contributed by atoms with van der Waals surface area (Å²) < 4.78 is 11.1. The number of nitrogens with zero attached hydrogens (tertiary/aromatic N) is 1. The van der Waals surface area contributed by atoms with Gasteiger partial charge in [-0.2, -0.15) is 0 Å². The van der Waals surface area contributed by atoms with E-state index in [0.717, 1.165) is 11.3 Å². The van der Waals surface area contributed by atoms with Crippen LogP contribution in [-0.2, 0) is 11.4 Å². The monoisotopic (exact) mass is 421 g/mol. The van der Waals surface area contributed by atoms with Crippen molar-refractivity contribution in [2.45, 2.75) is 20.0 Å². The van der Waals surface area contributed by atoms with Crippen LogP contribution in [0.3, 0.4) is 0 Å². The number of halogens is 2. The van der Waals surface area contributed by atoms with Crippen LogP contribution in [0.2, 0.25) is 10.0 Å². The van der Waals surface area contributed by atoms with Gasteiger partial charge in [0.05, 0.1) is 22.7 Å². The average Bonchev–Trinajstić information content (AvgIpc) is 3.19. The molecule has 0 aliphatic carbocycles. The Hall–Kier alpha value is -2.24. The van der Waals surface area contributed by atoms with E-state index in [1.54, 1.807) is 24.1 Å². The number of ether oxygens (including phenoxy) is 2. The second-order valence-electron chi connectivity index (χ2n) is 6.71. The maximum Gasteiger partial charge on any atom is 0.219 e. The smallest absolute Gasteiger partial charge is 0.219 e. The summed E-state index contributed by atoms with van der Waals surface area (Å²) in [6.07, 6.45) is 0.622. The van der Waals surface area contributed by atoms with Crippen molar-refractivity contribution in [2.75, 3.05) is 20.2 Å². The number of Topliss-reactive ketones (excluding diaryl/α,β-unsaturated/α-hetero) is 1. The minimum absolute atomic E-state index is 0.0274. The molecule has 0 N–H and O–H groups in total. The minimum atomic E-state index is -0.274. The first-order valence-electron chi connectivity index (χ1n) is 8.93. The van der Waals surface area contributed by atoms with Crippen LogP contribution in [0, 0.1) is 5.92 Å². The molecule has 2 aromatic rings. The SMILES string of the molecule is COc1ccc(COc2cc(Cl)c(Cl)cc2C(=O)C2CCN(C(C)=O)C2)cc1. The zero-order valence-electron chi connectivity index (χ0n) is 15.7. The second kappa shape index (κ2) is 8.84. The Bertz CT molecular complexity index is 883. The Balaban J connectivity index is 1.79. The highest BCUT2D eigenvalue weighted by Crippen LogP contribution is 2.34. The third-order valence-corrected chi connectivity index (χ3v) is 5.57. The molecule has 0 aromatic heterocycles. The molecule has 148 valence electrons. The predicted octanol–water partition coefficient (Wildman–Crippen LogP) is 4.63. The topological polar surface area (TPSA) is 55.8 Å². The van der Waals surface area contributed by atoms with Crippen molar-refractivity contribution in [2.24, 2.45) is 5.92 Å². The van der Waals surface area contributed by atoms with Gasteiger partial charge in [-0.25, -0.2) is 0 Å². The molecule has 0 radical (unpaired) electrons. The molecule has 28 heavy (non-hydrogen) atoms. The highest BCUT2D eigenvalue weighted by molar-refractivity contribution is 6.42. The molecule has 1 unspecified atom stereocenters. The zero-order chi connectivity index (χ0) is 20.3. The lowest BCUT2D eigenvalue weighted by Crippen LogP contribution is -2.27. The fraction of sp³-hybridized carbons (Fsp3) is 0.333. The van der Waals surface area contributed by atoms with Gasteiger partial charge in [0.2, 0.25) is 5.91 Å². The largest absolute Gasteiger partial charge is 0.497 e. The predicted molar refractivity (Wildman–Crippen MR) is 108 cm³/mol. The molecule has 5 nitrogen and oxygen atoms in total. The lowest BCUT2D eigenvalue weighted by Gasteiger charge is -2.16. The minimum Gasteiger partial charge on any atom is -0.497 e. The Morgan fingerprint density at radius 1 is 1.14 bits per heavy atom. The zero-order valence-corrected chi connectivity index (χ0v) is 17.2. The van der Waals surface area contributed by atoms with Gasteiger partial charge in [-0.3, -0.25) is 9.59 Å². The van der Waals surface area contributed by atoms with Crippen LogP contribution < -0.4 is 9.47 Å². The Morgan fingerprint density at radius 3 is 2.43 bits per heavy atom. The molecule has 0 spiro atoms. The first kappa shape index (κ1) is 20.5. The van der Waals surface area contributed by atoms with Gasteiger partial charge < -0.3 is 14.4 Å². The molecule has 0 bridgehead atoms. The summed E-state index contributed by atoms with van der Waals surface area (Å²) in [6, 6.07) is 10.6. The lowest BCUT2D eigenvalue weighted by atomic mass is 9.96. The van der Waals surface area contributed by atoms with Crippen LogP contribution in [0.4, 0.5) is 0 Å². The first-order valence-corrected chi connectivity index (χ1v) is 9.69. The van der Waals surface area contributed by atoms with Crippen molar-refractivity contribution in [3.63, 3.8) is 0 Å². The van der Waals surface area contributed by atoms with E-state index in [1.165, 1.54) is 6.92 Å². The van der Waals surface area contributed by atoms with Crippen LogP contribution in [0.1, 0.15) is 29.3 Å². The summed E-state index contributed by atoms with van der Waals surface area (Å²) in [5.74, 6) is 0.749. The summed E-state index contributed by atoms with van der Waals surface area (Å²) in [5.41, 5.74) is 1.31. The third kappa shape index (κ3) is 4.59. The Kier molecular flexibility index (Phi) is 6.47. The molecular weight excluding hydrogens is 401 g/mol. The normalized spacial score (nSPS) is 16.1. The van der Waals surface area contributed by atoms with Gasteiger partial charge in [-0.1, -0.05) is 35.3 Å². The molecule has 1 aliphatic heterocycles. The summed E-state index contributed by atoms with van der Waals surface area (Å²) in [4.78, 5) is 26.3. The molecule has 1 fully saturated rings. The van der Waals surface area contributed by atoms with Crippen molar-refractivity contribution < 1.29 is 19.1 Å². The van der Waals surface area contributed by atoms with E-state index in [9.17, 15) is 9.59 Å². The van der Waals surface area contributed by atoms with E-state index in [0.29, 0.717) is 40.9 Å². The van der Waals surface area contributed by atoms with Gasteiger partial charge in [0.25, 0.3) is 0 Å². The quantitative estimate of drug-likeness (QED) is 0.637. The standard InChI is InChI=1S/C21H21Cl2NO4/c1-13(25)24-8-7-15(11-24)21(26)17-9-18(22)19(23)10-20(17)28-12-14-3-5-16(27-2)6-4-14/h3-6,9-10,15H,7-8,11-12H2,1-2H3. The van der Waals surface area contributed by atoms with Crippen LogP contribution in [0.15, 0.2) is 36.4 Å². The molecule has 1 atom stereocenters. The number of carbonyl (C=O) groups is 2.